The van der Waals surface area contributed by atoms with E-state index in [1.807, 2.05) is 0 Å². The number of hydrogen-bond acceptors (Lipinski definition) is 5. The molecule has 11 heteroatoms. The minimum Gasteiger partial charge on any atom is -0.459 e. The maximum absolute atomic E-state index is 13.4. The lowest BCUT2D eigenvalue weighted by Gasteiger charge is -2.32. The molecule has 0 saturated carbocycles. The first-order valence-corrected chi connectivity index (χ1v) is 7.77. The molecule has 27 heavy (non-hydrogen) atoms. The fraction of sp³-hybridized carbons (Fsp3) is 0.375. The van der Waals surface area contributed by atoms with Crippen molar-refractivity contribution in [3.8, 4) is 0 Å². The van der Waals surface area contributed by atoms with E-state index in [0.29, 0.717) is 0 Å². The molecular formula is C16H16F3N3O5. The molecule has 1 N–H and O–H groups in total. The van der Waals surface area contributed by atoms with E-state index in [1.165, 1.54) is 26.8 Å². The molecule has 0 saturated heterocycles. The number of benzene rings is 1. The van der Waals surface area contributed by atoms with Gasteiger partial charge in [-0.3, -0.25) is 0 Å². The Hall–Kier alpha value is -3.11. The van der Waals surface area contributed by atoms with E-state index in [1.54, 1.807) is 0 Å². The van der Waals surface area contributed by atoms with Gasteiger partial charge in [0.2, 0.25) is 0 Å². The zero-order valence-corrected chi connectivity index (χ0v) is 14.5. The zero-order chi connectivity index (χ0) is 20.5. The number of hydrazine groups is 1. The van der Waals surface area contributed by atoms with Crippen molar-refractivity contribution in [2.24, 2.45) is 0 Å². The van der Waals surface area contributed by atoms with Gasteiger partial charge >= 0.3 is 18.2 Å². The van der Waals surface area contributed by atoms with Crippen molar-refractivity contribution in [2.75, 3.05) is 0 Å². The van der Waals surface area contributed by atoms with Gasteiger partial charge in [-0.15, -0.1) is 0 Å². The Kier molecular flexibility index (Phi) is 5.43. The lowest BCUT2D eigenvalue weighted by atomic mass is 9.91. The van der Waals surface area contributed by atoms with Crippen molar-refractivity contribution in [3.63, 3.8) is 0 Å². The number of allylic oxidation sites excluding steroid dienone is 1. The number of alkyl halides is 3. The van der Waals surface area contributed by atoms with Gasteiger partial charge in [0.1, 0.15) is 0 Å². The number of carbonyl (C=O) groups excluding carboxylic acids is 2. The highest BCUT2D eigenvalue weighted by atomic mass is 19.4. The molecule has 0 aromatic heterocycles. The van der Waals surface area contributed by atoms with E-state index in [2.05, 4.69) is 5.32 Å². The standard InChI is InChI=1S/C16H16F3N3O5/c1-8(2)27-14(23)12-9(3)20-15(24)21(22(25)26)13(12)10-6-4-5-7-11(10)16(17,18)19/h4-8,13H,1-3H3,(H,20,24). The lowest BCUT2D eigenvalue weighted by Crippen LogP contribution is -2.51. The highest BCUT2D eigenvalue weighted by molar-refractivity contribution is 5.94. The number of nitro groups is 1. The minimum atomic E-state index is -4.85. The Bertz CT molecular complexity index is 820. The minimum absolute atomic E-state index is 0.0471. The highest BCUT2D eigenvalue weighted by Gasteiger charge is 2.49. The second kappa shape index (κ2) is 7.25. The van der Waals surface area contributed by atoms with Gasteiger partial charge in [-0.25, -0.2) is 19.7 Å². The summed E-state index contributed by atoms with van der Waals surface area (Å²) in [5.41, 5.74) is -2.37. The van der Waals surface area contributed by atoms with Crippen LogP contribution in [0, 0.1) is 10.1 Å². The molecule has 0 fully saturated rings. The van der Waals surface area contributed by atoms with E-state index in [0.717, 1.165) is 18.2 Å². The summed E-state index contributed by atoms with van der Waals surface area (Å²) in [5, 5.41) is 12.3. The van der Waals surface area contributed by atoms with E-state index in [4.69, 9.17) is 4.74 Å². The summed E-state index contributed by atoms with van der Waals surface area (Å²) < 4.78 is 45.4. The number of rotatable bonds is 4. The average molecular weight is 387 g/mol. The van der Waals surface area contributed by atoms with Crippen molar-refractivity contribution < 1.29 is 32.5 Å². The van der Waals surface area contributed by atoms with Crippen LogP contribution in [0.3, 0.4) is 0 Å². The van der Waals surface area contributed by atoms with Crippen molar-refractivity contribution in [1.29, 1.82) is 0 Å². The third kappa shape index (κ3) is 4.01. The molecule has 1 aromatic carbocycles. The van der Waals surface area contributed by atoms with Crippen LogP contribution in [0.15, 0.2) is 35.5 Å². The summed E-state index contributed by atoms with van der Waals surface area (Å²) >= 11 is 0. The van der Waals surface area contributed by atoms with Gasteiger partial charge in [-0.1, -0.05) is 18.2 Å². The largest absolute Gasteiger partial charge is 0.459 e. The lowest BCUT2D eigenvalue weighted by molar-refractivity contribution is -0.641. The predicted molar refractivity (Wildman–Crippen MR) is 85.5 cm³/mol. The Morgan fingerprint density at radius 2 is 1.93 bits per heavy atom. The number of nitrogens with zero attached hydrogens (tertiary/aromatic N) is 2. The smallest absolute Gasteiger partial charge is 0.416 e. The van der Waals surface area contributed by atoms with Crippen LogP contribution in [0.25, 0.3) is 0 Å². The van der Waals surface area contributed by atoms with Gasteiger partial charge in [0.15, 0.2) is 11.1 Å². The number of amides is 2. The van der Waals surface area contributed by atoms with Gasteiger partial charge in [-0.05, 0) is 37.4 Å². The van der Waals surface area contributed by atoms with Crippen LogP contribution in [0.2, 0.25) is 0 Å². The van der Waals surface area contributed by atoms with Crippen molar-refractivity contribution in [2.45, 2.75) is 39.1 Å². The second-order valence-electron chi connectivity index (χ2n) is 5.99. The molecule has 0 radical (unpaired) electrons. The Morgan fingerprint density at radius 3 is 2.44 bits per heavy atom. The molecule has 146 valence electrons. The molecule has 1 unspecified atom stereocenters. The summed E-state index contributed by atoms with van der Waals surface area (Å²) in [7, 11) is 0. The van der Waals surface area contributed by atoms with Gasteiger partial charge in [0, 0.05) is 5.70 Å². The summed E-state index contributed by atoms with van der Waals surface area (Å²) in [6.07, 6.45) is -5.48. The molecule has 1 heterocycles. The quantitative estimate of drug-likeness (QED) is 0.486. The molecule has 8 nitrogen and oxygen atoms in total. The molecular weight excluding hydrogens is 371 g/mol. The fourth-order valence-electron chi connectivity index (χ4n) is 2.72. The van der Waals surface area contributed by atoms with Crippen molar-refractivity contribution >= 4 is 12.0 Å². The Morgan fingerprint density at radius 1 is 1.33 bits per heavy atom. The maximum Gasteiger partial charge on any atom is 0.416 e. The monoisotopic (exact) mass is 387 g/mol. The Labute approximate surface area is 151 Å². The third-order valence-electron chi connectivity index (χ3n) is 3.72. The fourth-order valence-corrected chi connectivity index (χ4v) is 2.72. The number of ether oxygens (including phenoxy) is 1. The van der Waals surface area contributed by atoms with Crippen LogP contribution in [0.5, 0.6) is 0 Å². The Balaban J connectivity index is 2.76. The number of hydrogen-bond donors (Lipinski definition) is 1. The van der Waals surface area contributed by atoms with Crippen molar-refractivity contribution in [1.82, 2.24) is 10.3 Å². The van der Waals surface area contributed by atoms with Gasteiger partial charge in [-0.2, -0.15) is 13.2 Å². The average Bonchev–Trinajstić information content (AvgIpc) is 2.51. The topological polar surface area (TPSA) is 102 Å². The van der Waals surface area contributed by atoms with E-state index >= 15 is 0 Å². The number of urea groups is 1. The summed E-state index contributed by atoms with van der Waals surface area (Å²) in [6, 6.07) is 0.877. The van der Waals surface area contributed by atoms with E-state index in [9.17, 15) is 32.9 Å². The first-order valence-electron chi connectivity index (χ1n) is 7.77. The molecule has 0 bridgehead atoms. The summed E-state index contributed by atoms with van der Waals surface area (Å²) in [4.78, 5) is 36.0. The number of carbonyl (C=O) groups is 2. The molecule has 1 atom stereocenters. The molecule has 2 amide bonds. The second-order valence-corrected chi connectivity index (χ2v) is 5.99. The van der Waals surface area contributed by atoms with E-state index < -0.39 is 52.1 Å². The van der Waals surface area contributed by atoms with E-state index in [-0.39, 0.29) is 10.7 Å². The van der Waals surface area contributed by atoms with Gasteiger partial charge in [0.05, 0.1) is 17.2 Å². The molecule has 0 aliphatic carbocycles. The number of halogens is 3. The SMILES string of the molecule is CC1=C(C(=O)OC(C)C)C(c2ccccc2C(F)(F)F)N([N+](=O)[O-])C(=O)N1. The molecule has 1 aliphatic heterocycles. The number of nitrogens with one attached hydrogen (secondary N) is 1. The van der Waals surface area contributed by atoms with Crippen LogP contribution < -0.4 is 5.32 Å². The van der Waals surface area contributed by atoms with Gasteiger partial charge in [0.25, 0.3) is 0 Å². The highest BCUT2D eigenvalue weighted by Crippen LogP contribution is 2.41. The van der Waals surface area contributed by atoms with Crippen LogP contribution in [-0.2, 0) is 15.7 Å². The third-order valence-corrected chi connectivity index (χ3v) is 3.72. The van der Waals surface area contributed by atoms with Crippen LogP contribution in [0.1, 0.15) is 37.9 Å². The van der Waals surface area contributed by atoms with Crippen LogP contribution >= 0.6 is 0 Å². The molecule has 0 spiro atoms. The zero-order valence-electron chi connectivity index (χ0n) is 14.5. The number of esters is 1. The summed E-state index contributed by atoms with van der Waals surface area (Å²) in [6.45, 7) is 4.29. The maximum atomic E-state index is 13.4. The molecule has 2 rings (SSSR count). The predicted octanol–water partition coefficient (Wildman–Crippen LogP) is 3.19. The van der Waals surface area contributed by atoms with Crippen molar-refractivity contribution in [3.05, 3.63) is 56.8 Å². The first kappa shape index (κ1) is 20.2. The summed E-state index contributed by atoms with van der Waals surface area (Å²) in [5.74, 6) is -1.06. The molecule has 1 aliphatic rings. The first-order chi connectivity index (χ1) is 12.4. The van der Waals surface area contributed by atoms with Crippen LogP contribution in [-0.4, -0.2) is 28.1 Å². The molecule has 1 aromatic rings. The van der Waals surface area contributed by atoms with Crippen LogP contribution in [0.4, 0.5) is 18.0 Å². The van der Waals surface area contributed by atoms with Gasteiger partial charge < -0.3 is 10.1 Å². The normalized spacial score (nSPS) is 17.8.